The predicted octanol–water partition coefficient (Wildman–Crippen LogP) is 4.87. The number of carbonyl (C=O) groups is 2. The normalized spacial score (nSPS) is 11.6. The van der Waals surface area contributed by atoms with Gasteiger partial charge in [0.2, 0.25) is 0 Å². The molecule has 0 unspecified atom stereocenters. The van der Waals surface area contributed by atoms with E-state index < -0.39 is 29.4 Å². The molecular weight excluding hydrogens is 522 g/mol. The number of aryl methyl sites for hydroxylation is 1. The monoisotopic (exact) mass is 539 g/mol. The number of nitrogens with one attached hydrogen (secondary N) is 2. The number of nitrogens with zero attached hydrogens (tertiary/aromatic N) is 5. The number of aromatic nitrogens is 5. The van der Waals surface area contributed by atoms with E-state index in [-0.39, 0.29) is 27.1 Å². The summed E-state index contributed by atoms with van der Waals surface area (Å²) in [5, 5.41) is 8.64. The average Bonchev–Trinajstić information content (AvgIpc) is 3.44. The number of carbonyl (C=O) groups excluding carboxylic acids is 2. The molecule has 3 heterocycles. The second-order valence-electron chi connectivity index (χ2n) is 7.68. The molecule has 9 nitrogen and oxygen atoms in total. The molecule has 0 bridgehead atoms. The SMILES string of the molecule is CCCNC(=O)c1cc2ncn(C)c2c(Cl)c1NC(=O)c1cc(C(F)(F)F)nn1-c1ncccc1Cl. The highest BCUT2D eigenvalue weighted by Gasteiger charge is 2.37. The van der Waals surface area contributed by atoms with Crippen molar-refractivity contribution in [1.29, 1.82) is 0 Å². The van der Waals surface area contributed by atoms with Gasteiger partial charge in [-0.15, -0.1) is 0 Å². The Morgan fingerprint density at radius 1 is 1.14 bits per heavy atom. The standard InChI is InChI=1S/C22H18Cl2F3N7O2/c1-3-6-29-20(35)11-8-13-18(33(2)10-30-13)16(24)17(11)31-21(36)14-9-15(22(25,26)27)32-34(14)19-12(23)5-4-7-28-19/h4-5,7-10H,3,6H2,1-2H3,(H,29,35)(H,31,36). The molecule has 0 spiro atoms. The number of imidazole rings is 1. The van der Waals surface area contributed by atoms with E-state index >= 15 is 0 Å². The fourth-order valence-corrected chi connectivity index (χ4v) is 4.04. The molecule has 0 aliphatic rings. The van der Waals surface area contributed by atoms with Gasteiger partial charge in [0.25, 0.3) is 11.8 Å². The second-order valence-corrected chi connectivity index (χ2v) is 8.46. The molecule has 3 aromatic heterocycles. The van der Waals surface area contributed by atoms with Crippen molar-refractivity contribution in [3.8, 4) is 5.82 Å². The second kappa shape index (κ2) is 9.78. The first-order valence-electron chi connectivity index (χ1n) is 10.5. The number of benzene rings is 1. The third-order valence-corrected chi connectivity index (χ3v) is 5.80. The van der Waals surface area contributed by atoms with Crippen molar-refractivity contribution in [2.24, 2.45) is 7.05 Å². The van der Waals surface area contributed by atoms with E-state index in [4.69, 9.17) is 23.2 Å². The molecule has 4 aromatic rings. The molecule has 2 N–H and O–H groups in total. The molecular formula is C22H18Cl2F3N7O2. The number of alkyl halides is 3. The lowest BCUT2D eigenvalue weighted by molar-refractivity contribution is -0.141. The third kappa shape index (κ3) is 4.73. The third-order valence-electron chi connectivity index (χ3n) is 5.13. The minimum Gasteiger partial charge on any atom is -0.352 e. The van der Waals surface area contributed by atoms with Crippen LogP contribution < -0.4 is 10.6 Å². The van der Waals surface area contributed by atoms with Crippen molar-refractivity contribution < 1.29 is 22.8 Å². The first kappa shape index (κ1) is 25.5. The summed E-state index contributed by atoms with van der Waals surface area (Å²) in [4.78, 5) is 34.4. The van der Waals surface area contributed by atoms with Gasteiger partial charge in [-0.25, -0.2) is 14.6 Å². The van der Waals surface area contributed by atoms with Gasteiger partial charge in [0.15, 0.2) is 11.5 Å². The van der Waals surface area contributed by atoms with Crippen molar-refractivity contribution in [3.05, 3.63) is 63.8 Å². The Kier molecular flexibility index (Phi) is 6.92. The maximum absolute atomic E-state index is 13.5. The van der Waals surface area contributed by atoms with Gasteiger partial charge in [-0.05, 0) is 24.6 Å². The van der Waals surface area contributed by atoms with Crippen LogP contribution in [0.1, 0.15) is 39.9 Å². The van der Waals surface area contributed by atoms with Crippen molar-refractivity contribution in [1.82, 2.24) is 29.6 Å². The highest BCUT2D eigenvalue weighted by atomic mass is 35.5. The lowest BCUT2D eigenvalue weighted by Crippen LogP contribution is -2.26. The van der Waals surface area contributed by atoms with Crippen LogP contribution in [0.15, 0.2) is 36.8 Å². The summed E-state index contributed by atoms with van der Waals surface area (Å²) in [6.45, 7) is 2.21. The summed E-state index contributed by atoms with van der Waals surface area (Å²) in [5.74, 6) is -1.75. The number of fused-ring (bicyclic) bond motifs is 1. The van der Waals surface area contributed by atoms with Crippen LogP contribution in [0, 0.1) is 0 Å². The van der Waals surface area contributed by atoms with Crippen molar-refractivity contribution in [2.45, 2.75) is 19.5 Å². The van der Waals surface area contributed by atoms with E-state index in [0.29, 0.717) is 34.7 Å². The fourth-order valence-electron chi connectivity index (χ4n) is 3.46. The summed E-state index contributed by atoms with van der Waals surface area (Å²) in [7, 11) is 1.66. The number of anilines is 1. The van der Waals surface area contributed by atoms with Gasteiger partial charge in [0.05, 0.1) is 38.7 Å². The number of hydrogen-bond acceptors (Lipinski definition) is 5. The zero-order chi connectivity index (χ0) is 26.2. The first-order valence-corrected chi connectivity index (χ1v) is 11.3. The number of pyridine rings is 1. The summed E-state index contributed by atoms with van der Waals surface area (Å²) < 4.78 is 42.7. The van der Waals surface area contributed by atoms with E-state index in [1.165, 1.54) is 30.7 Å². The Morgan fingerprint density at radius 3 is 2.56 bits per heavy atom. The lowest BCUT2D eigenvalue weighted by Gasteiger charge is -2.15. The molecule has 0 saturated carbocycles. The molecule has 0 aliphatic heterocycles. The molecule has 2 amide bonds. The van der Waals surface area contributed by atoms with Crippen molar-refractivity contribution in [3.63, 3.8) is 0 Å². The highest BCUT2D eigenvalue weighted by molar-refractivity contribution is 6.39. The Labute approximate surface area is 212 Å². The minimum atomic E-state index is -4.85. The minimum absolute atomic E-state index is 0.00835. The Balaban J connectivity index is 1.85. The topological polar surface area (TPSA) is 107 Å². The fraction of sp³-hybridized carbons (Fsp3) is 0.227. The van der Waals surface area contributed by atoms with Gasteiger partial charge in [-0.2, -0.15) is 18.3 Å². The van der Waals surface area contributed by atoms with Gasteiger partial charge in [0, 0.05) is 25.9 Å². The van der Waals surface area contributed by atoms with Crippen LogP contribution in [0.3, 0.4) is 0 Å². The largest absolute Gasteiger partial charge is 0.435 e. The van der Waals surface area contributed by atoms with Crippen LogP contribution >= 0.6 is 23.2 Å². The Hall–Kier alpha value is -3.64. The number of rotatable bonds is 6. The van der Waals surface area contributed by atoms with Gasteiger partial charge < -0.3 is 15.2 Å². The van der Waals surface area contributed by atoms with Gasteiger partial charge >= 0.3 is 6.18 Å². The van der Waals surface area contributed by atoms with Gasteiger partial charge in [0.1, 0.15) is 5.69 Å². The summed E-state index contributed by atoms with van der Waals surface area (Å²) >= 11 is 12.7. The molecule has 36 heavy (non-hydrogen) atoms. The van der Waals surface area contributed by atoms with Crippen LogP contribution in [0.5, 0.6) is 0 Å². The van der Waals surface area contributed by atoms with Crippen LogP contribution in [0.2, 0.25) is 10.0 Å². The molecule has 1 aromatic carbocycles. The van der Waals surface area contributed by atoms with E-state index in [2.05, 4.69) is 25.7 Å². The van der Waals surface area contributed by atoms with Crippen LogP contribution in [0.25, 0.3) is 16.9 Å². The zero-order valence-electron chi connectivity index (χ0n) is 18.8. The van der Waals surface area contributed by atoms with Gasteiger partial charge in [-0.1, -0.05) is 30.1 Å². The van der Waals surface area contributed by atoms with Crippen LogP contribution in [-0.4, -0.2) is 42.7 Å². The summed E-state index contributed by atoms with van der Waals surface area (Å²) in [6, 6.07) is 4.87. The molecule has 188 valence electrons. The smallest absolute Gasteiger partial charge is 0.352 e. The molecule has 0 radical (unpaired) electrons. The zero-order valence-corrected chi connectivity index (χ0v) is 20.3. The van der Waals surface area contributed by atoms with E-state index in [1.54, 1.807) is 11.6 Å². The van der Waals surface area contributed by atoms with E-state index in [9.17, 15) is 22.8 Å². The van der Waals surface area contributed by atoms with E-state index in [1.807, 2.05) is 6.92 Å². The first-order chi connectivity index (χ1) is 17.0. The molecule has 4 rings (SSSR count). The lowest BCUT2D eigenvalue weighted by atomic mass is 10.1. The van der Waals surface area contributed by atoms with Crippen molar-refractivity contribution >= 4 is 51.7 Å². The van der Waals surface area contributed by atoms with E-state index in [0.717, 1.165) is 0 Å². The summed E-state index contributed by atoms with van der Waals surface area (Å²) in [5.41, 5.74) is -1.15. The molecule has 0 saturated heterocycles. The van der Waals surface area contributed by atoms with Crippen LogP contribution in [-0.2, 0) is 13.2 Å². The Bertz CT molecular complexity index is 1480. The molecule has 0 aliphatic carbocycles. The van der Waals surface area contributed by atoms with Gasteiger partial charge in [-0.3, -0.25) is 9.59 Å². The maximum atomic E-state index is 13.5. The Morgan fingerprint density at radius 2 is 1.89 bits per heavy atom. The molecule has 14 heteroatoms. The molecule has 0 fully saturated rings. The predicted molar refractivity (Wildman–Crippen MR) is 128 cm³/mol. The average molecular weight is 540 g/mol. The quantitative estimate of drug-likeness (QED) is 0.363. The number of amides is 2. The highest BCUT2D eigenvalue weighted by Crippen LogP contribution is 2.35. The van der Waals surface area contributed by atoms with Crippen molar-refractivity contribution in [2.75, 3.05) is 11.9 Å². The number of halogens is 5. The summed E-state index contributed by atoms with van der Waals surface area (Å²) in [6.07, 6.45) is -1.43. The maximum Gasteiger partial charge on any atom is 0.435 e. The number of hydrogen-bond donors (Lipinski definition) is 2. The van der Waals surface area contributed by atoms with Crippen LogP contribution in [0.4, 0.5) is 18.9 Å². The molecule has 0 atom stereocenters.